The third kappa shape index (κ3) is 3.28. The van der Waals surface area contributed by atoms with E-state index < -0.39 is 10.0 Å². The molecule has 0 amide bonds. The van der Waals surface area contributed by atoms with Gasteiger partial charge in [-0.3, -0.25) is 0 Å². The van der Waals surface area contributed by atoms with Gasteiger partial charge in [0.15, 0.2) is 5.03 Å². The summed E-state index contributed by atoms with van der Waals surface area (Å²) >= 11 is 0. The van der Waals surface area contributed by atoms with Crippen molar-refractivity contribution in [3.8, 4) is 0 Å². The fourth-order valence-electron chi connectivity index (χ4n) is 2.58. The predicted octanol–water partition coefficient (Wildman–Crippen LogP) is 0.742. The zero-order chi connectivity index (χ0) is 14.8. The molecule has 0 radical (unpaired) electrons. The van der Waals surface area contributed by atoms with Crippen LogP contribution in [0.2, 0.25) is 0 Å². The lowest BCUT2D eigenvalue weighted by molar-refractivity contribution is 0.188. The molecule has 0 aromatic carbocycles. The highest BCUT2D eigenvalue weighted by molar-refractivity contribution is 7.89. The number of anilines is 1. The number of nitrogens with zero attached hydrogens (tertiary/aromatic N) is 2. The molecule has 2 rings (SSSR count). The minimum Gasteiger partial charge on any atom is -0.386 e. The molecule has 0 saturated carbocycles. The highest BCUT2D eigenvalue weighted by Crippen LogP contribution is 2.21. The van der Waals surface area contributed by atoms with E-state index in [2.05, 4.69) is 33.9 Å². The Morgan fingerprint density at radius 2 is 2.20 bits per heavy atom. The van der Waals surface area contributed by atoms with Crippen molar-refractivity contribution in [1.82, 2.24) is 14.6 Å². The molecule has 7 heteroatoms. The first-order chi connectivity index (χ1) is 9.44. The van der Waals surface area contributed by atoms with Crippen molar-refractivity contribution >= 4 is 15.7 Å². The van der Waals surface area contributed by atoms with Crippen LogP contribution in [-0.2, 0) is 10.0 Å². The molecule has 1 fully saturated rings. The quantitative estimate of drug-likeness (QED) is 0.858. The molecule has 2 heterocycles. The molecular weight excluding hydrogens is 276 g/mol. The lowest BCUT2D eigenvalue weighted by Gasteiger charge is -2.34. The van der Waals surface area contributed by atoms with Gasteiger partial charge in [-0.1, -0.05) is 6.92 Å². The Morgan fingerprint density at radius 3 is 2.85 bits per heavy atom. The molecule has 112 valence electrons. The van der Waals surface area contributed by atoms with Crippen LogP contribution in [0.3, 0.4) is 0 Å². The van der Waals surface area contributed by atoms with Crippen LogP contribution >= 0.6 is 0 Å². The summed E-state index contributed by atoms with van der Waals surface area (Å²) in [6, 6.07) is 3.38. The molecule has 0 spiro atoms. The lowest BCUT2D eigenvalue weighted by atomic mass is 9.95. The summed E-state index contributed by atoms with van der Waals surface area (Å²) in [5.41, 5.74) is 0.514. The van der Waals surface area contributed by atoms with Gasteiger partial charge in [0.25, 0.3) is 10.0 Å². The van der Waals surface area contributed by atoms with Crippen LogP contribution in [0.1, 0.15) is 13.3 Å². The van der Waals surface area contributed by atoms with E-state index in [0.717, 1.165) is 19.5 Å². The second kappa shape index (κ2) is 6.07. The van der Waals surface area contributed by atoms with Gasteiger partial charge >= 0.3 is 0 Å². The zero-order valence-electron chi connectivity index (χ0n) is 12.1. The van der Waals surface area contributed by atoms with E-state index in [1.807, 2.05) is 0 Å². The fourth-order valence-corrected chi connectivity index (χ4v) is 4.10. The maximum atomic E-state index is 12.5. The SMILES string of the molecule is CNc1cccnc1S(=O)(=O)NC1CCN(C)CC1C. The maximum absolute atomic E-state index is 12.5. The average Bonchev–Trinajstić information content (AvgIpc) is 2.42. The second-order valence-electron chi connectivity index (χ2n) is 5.36. The van der Waals surface area contributed by atoms with Crippen LogP contribution in [0, 0.1) is 5.92 Å². The molecule has 1 aromatic heterocycles. The van der Waals surface area contributed by atoms with Crippen molar-refractivity contribution in [3.63, 3.8) is 0 Å². The minimum absolute atomic E-state index is 0.0390. The van der Waals surface area contributed by atoms with Crippen molar-refractivity contribution in [1.29, 1.82) is 0 Å². The first-order valence-electron chi connectivity index (χ1n) is 6.77. The summed E-state index contributed by atoms with van der Waals surface area (Å²) in [6.45, 7) is 3.87. The van der Waals surface area contributed by atoms with Gasteiger partial charge in [-0.25, -0.2) is 18.1 Å². The molecule has 0 aliphatic carbocycles. The van der Waals surface area contributed by atoms with Gasteiger partial charge in [0.1, 0.15) is 0 Å². The van der Waals surface area contributed by atoms with Gasteiger partial charge in [-0.05, 0) is 38.1 Å². The maximum Gasteiger partial charge on any atom is 0.260 e. The molecule has 20 heavy (non-hydrogen) atoms. The molecular formula is C13H22N4O2S. The minimum atomic E-state index is -3.60. The summed E-state index contributed by atoms with van der Waals surface area (Å²) in [5.74, 6) is 0.283. The summed E-state index contributed by atoms with van der Waals surface area (Å²) < 4.78 is 27.8. The van der Waals surface area contributed by atoms with Gasteiger partial charge in [-0.2, -0.15) is 0 Å². The predicted molar refractivity (Wildman–Crippen MR) is 79.2 cm³/mol. The standard InChI is InChI=1S/C13H22N4O2S/c1-10-9-17(3)8-6-11(10)16-20(18,19)13-12(14-2)5-4-7-15-13/h4-5,7,10-11,14,16H,6,8-9H2,1-3H3. The summed E-state index contributed by atoms with van der Waals surface area (Å²) in [6.07, 6.45) is 2.31. The highest BCUT2D eigenvalue weighted by atomic mass is 32.2. The zero-order valence-corrected chi connectivity index (χ0v) is 12.9. The van der Waals surface area contributed by atoms with Gasteiger partial charge in [-0.15, -0.1) is 0 Å². The first-order valence-corrected chi connectivity index (χ1v) is 8.26. The summed E-state index contributed by atoms with van der Waals surface area (Å²) in [4.78, 5) is 6.22. The number of nitrogens with one attached hydrogen (secondary N) is 2. The number of rotatable bonds is 4. The Balaban J connectivity index is 2.19. The third-order valence-corrected chi connectivity index (χ3v) is 5.16. The van der Waals surface area contributed by atoms with Gasteiger partial charge < -0.3 is 10.2 Å². The second-order valence-corrected chi connectivity index (χ2v) is 6.99. The van der Waals surface area contributed by atoms with Crippen molar-refractivity contribution < 1.29 is 8.42 Å². The number of hydrogen-bond donors (Lipinski definition) is 2. The van der Waals surface area contributed by atoms with Gasteiger partial charge in [0.2, 0.25) is 0 Å². The Hall–Kier alpha value is -1.18. The molecule has 1 aliphatic rings. The Labute approximate surface area is 120 Å². The van der Waals surface area contributed by atoms with Crippen LogP contribution in [0.5, 0.6) is 0 Å². The van der Waals surface area contributed by atoms with Crippen LogP contribution in [-0.4, -0.2) is 51.5 Å². The van der Waals surface area contributed by atoms with Gasteiger partial charge in [0, 0.05) is 25.8 Å². The topological polar surface area (TPSA) is 74.3 Å². The Bertz CT molecular complexity index is 561. The lowest BCUT2D eigenvalue weighted by Crippen LogP contribution is -2.48. The number of pyridine rings is 1. The van der Waals surface area contributed by atoms with Crippen molar-refractivity contribution in [3.05, 3.63) is 18.3 Å². The van der Waals surface area contributed by atoms with Crippen LogP contribution in [0.15, 0.2) is 23.4 Å². The van der Waals surface area contributed by atoms with Crippen LogP contribution in [0.25, 0.3) is 0 Å². The summed E-state index contributed by atoms with van der Waals surface area (Å²) in [5, 5.41) is 2.93. The van der Waals surface area contributed by atoms with E-state index in [9.17, 15) is 8.42 Å². The summed E-state index contributed by atoms with van der Waals surface area (Å²) in [7, 11) is 0.148. The molecule has 6 nitrogen and oxygen atoms in total. The largest absolute Gasteiger partial charge is 0.386 e. The fraction of sp³-hybridized carbons (Fsp3) is 0.615. The number of aromatic nitrogens is 1. The third-order valence-electron chi connectivity index (χ3n) is 3.71. The number of piperidine rings is 1. The molecule has 1 saturated heterocycles. The van der Waals surface area contributed by atoms with Crippen molar-refractivity contribution in [2.24, 2.45) is 5.92 Å². The molecule has 0 bridgehead atoms. The first kappa shape index (κ1) is 15.2. The Kier molecular flexibility index (Phi) is 4.62. The monoisotopic (exact) mass is 298 g/mol. The molecule has 2 unspecified atom stereocenters. The molecule has 1 aliphatic heterocycles. The van der Waals surface area contributed by atoms with Crippen LogP contribution < -0.4 is 10.0 Å². The van der Waals surface area contributed by atoms with Gasteiger partial charge in [0.05, 0.1) is 5.69 Å². The van der Waals surface area contributed by atoms with E-state index in [1.165, 1.54) is 6.20 Å². The van der Waals surface area contributed by atoms with Crippen LogP contribution in [0.4, 0.5) is 5.69 Å². The molecule has 2 atom stereocenters. The number of hydrogen-bond acceptors (Lipinski definition) is 5. The molecule has 2 N–H and O–H groups in total. The average molecular weight is 298 g/mol. The smallest absolute Gasteiger partial charge is 0.260 e. The highest BCUT2D eigenvalue weighted by Gasteiger charge is 2.30. The van der Waals surface area contributed by atoms with E-state index in [-0.39, 0.29) is 17.0 Å². The van der Waals surface area contributed by atoms with E-state index in [4.69, 9.17) is 0 Å². The van der Waals surface area contributed by atoms with E-state index in [1.54, 1.807) is 19.2 Å². The normalized spacial score (nSPS) is 24.6. The number of sulfonamides is 1. The van der Waals surface area contributed by atoms with Crippen molar-refractivity contribution in [2.45, 2.75) is 24.4 Å². The molecule has 1 aromatic rings. The van der Waals surface area contributed by atoms with E-state index in [0.29, 0.717) is 5.69 Å². The Morgan fingerprint density at radius 1 is 1.45 bits per heavy atom. The van der Waals surface area contributed by atoms with E-state index >= 15 is 0 Å². The van der Waals surface area contributed by atoms with Crippen molar-refractivity contribution in [2.75, 3.05) is 32.5 Å². The number of likely N-dealkylation sites (tertiary alicyclic amines) is 1.